The van der Waals surface area contributed by atoms with E-state index in [0.717, 1.165) is 0 Å². The summed E-state index contributed by atoms with van der Waals surface area (Å²) in [7, 11) is 0. The minimum absolute atomic E-state index is 0.189. The van der Waals surface area contributed by atoms with Gasteiger partial charge < -0.3 is 11.1 Å². The van der Waals surface area contributed by atoms with Crippen molar-refractivity contribution >= 4 is 23.0 Å². The number of amides is 1. The van der Waals surface area contributed by atoms with Crippen LogP contribution in [0, 0.1) is 21.7 Å². The summed E-state index contributed by atoms with van der Waals surface area (Å²) in [6.45, 7) is 0. The van der Waals surface area contributed by atoms with Gasteiger partial charge in [-0.15, -0.1) is 0 Å². The number of hydrogen-bond acceptors (Lipinski definition) is 4. The number of halogens is 2. The zero-order chi connectivity index (χ0) is 15.6. The second-order valence-electron chi connectivity index (χ2n) is 4.08. The number of hydrogen-bond donors (Lipinski definition) is 2. The van der Waals surface area contributed by atoms with E-state index in [1.54, 1.807) is 12.1 Å². The molecule has 0 aliphatic carbocycles. The van der Waals surface area contributed by atoms with E-state index >= 15 is 0 Å². The lowest BCUT2D eigenvalue weighted by Gasteiger charge is -2.08. The molecule has 0 aromatic heterocycles. The maximum atomic E-state index is 13.9. The minimum Gasteiger partial charge on any atom is -0.397 e. The number of rotatable bonds is 3. The minimum atomic E-state index is -1.41. The average Bonchev–Trinajstić information content (AvgIpc) is 2.43. The molecule has 0 atom stereocenters. The second-order valence-corrected chi connectivity index (χ2v) is 4.08. The van der Waals surface area contributed by atoms with E-state index in [1.807, 2.05) is 0 Å². The molecule has 0 fully saturated rings. The Bertz CT molecular complexity index is 735. The van der Waals surface area contributed by atoms with Crippen LogP contribution in [0.3, 0.4) is 0 Å². The van der Waals surface area contributed by atoms with E-state index in [2.05, 4.69) is 5.32 Å². The van der Waals surface area contributed by atoms with Crippen molar-refractivity contribution in [1.29, 1.82) is 0 Å². The van der Waals surface area contributed by atoms with Crippen molar-refractivity contribution in [3.05, 3.63) is 63.7 Å². The van der Waals surface area contributed by atoms with Crippen LogP contribution in [0.15, 0.2) is 36.4 Å². The fourth-order valence-electron chi connectivity index (χ4n) is 1.67. The Morgan fingerprint density at radius 3 is 2.52 bits per heavy atom. The van der Waals surface area contributed by atoms with E-state index in [-0.39, 0.29) is 11.4 Å². The number of carbonyl (C=O) groups excluding carboxylic acids is 1. The number of nitro benzene ring substituents is 1. The Labute approximate surface area is 117 Å². The van der Waals surface area contributed by atoms with Crippen LogP contribution in [-0.4, -0.2) is 10.8 Å². The van der Waals surface area contributed by atoms with Gasteiger partial charge in [-0.2, -0.15) is 4.39 Å². The number of para-hydroxylation sites is 2. The van der Waals surface area contributed by atoms with Crippen LogP contribution in [0.5, 0.6) is 0 Å². The third-order valence-electron chi connectivity index (χ3n) is 2.67. The van der Waals surface area contributed by atoms with Gasteiger partial charge in [-0.1, -0.05) is 12.1 Å². The zero-order valence-electron chi connectivity index (χ0n) is 10.5. The number of carbonyl (C=O) groups is 1. The lowest BCUT2D eigenvalue weighted by atomic mass is 10.1. The normalized spacial score (nSPS) is 10.2. The Balaban J connectivity index is 2.40. The first-order valence-electron chi connectivity index (χ1n) is 5.69. The van der Waals surface area contributed by atoms with Crippen molar-refractivity contribution in [3.8, 4) is 0 Å². The molecule has 0 bridgehead atoms. The lowest BCUT2D eigenvalue weighted by Crippen LogP contribution is -2.16. The molecule has 0 saturated carbocycles. The van der Waals surface area contributed by atoms with Gasteiger partial charge in [0.05, 0.1) is 27.9 Å². The van der Waals surface area contributed by atoms with Gasteiger partial charge in [0.25, 0.3) is 5.91 Å². The molecule has 2 aromatic carbocycles. The molecule has 3 N–H and O–H groups in total. The van der Waals surface area contributed by atoms with E-state index in [1.165, 1.54) is 12.1 Å². The van der Waals surface area contributed by atoms with Crippen molar-refractivity contribution in [3.63, 3.8) is 0 Å². The highest BCUT2D eigenvalue weighted by atomic mass is 19.1. The first kappa shape index (κ1) is 14.4. The van der Waals surface area contributed by atoms with Crippen molar-refractivity contribution < 1.29 is 18.5 Å². The second kappa shape index (κ2) is 5.53. The van der Waals surface area contributed by atoms with E-state index in [4.69, 9.17) is 5.73 Å². The predicted octanol–water partition coefficient (Wildman–Crippen LogP) is 2.71. The van der Waals surface area contributed by atoms with Gasteiger partial charge in [0.2, 0.25) is 5.82 Å². The molecule has 21 heavy (non-hydrogen) atoms. The summed E-state index contributed by atoms with van der Waals surface area (Å²) in [4.78, 5) is 21.4. The SMILES string of the molecule is Nc1ccccc1NC(=O)c1cc(F)cc([N+](=O)[O-])c1F. The Morgan fingerprint density at radius 2 is 1.90 bits per heavy atom. The van der Waals surface area contributed by atoms with Gasteiger partial charge in [-0.05, 0) is 18.2 Å². The number of nitro groups is 1. The van der Waals surface area contributed by atoms with Crippen LogP contribution in [0.4, 0.5) is 25.8 Å². The van der Waals surface area contributed by atoms with E-state index in [9.17, 15) is 23.7 Å². The summed E-state index contributed by atoms with van der Waals surface area (Å²) in [6.07, 6.45) is 0. The van der Waals surface area contributed by atoms with Gasteiger partial charge in [-0.25, -0.2) is 4.39 Å². The number of benzene rings is 2. The quantitative estimate of drug-likeness (QED) is 0.516. The summed E-state index contributed by atoms with van der Waals surface area (Å²) < 4.78 is 27.1. The average molecular weight is 293 g/mol. The van der Waals surface area contributed by atoms with Gasteiger partial charge in [0.15, 0.2) is 0 Å². The molecule has 0 aliphatic rings. The van der Waals surface area contributed by atoms with Crippen LogP contribution < -0.4 is 11.1 Å². The third-order valence-corrected chi connectivity index (χ3v) is 2.67. The first-order chi connectivity index (χ1) is 9.90. The lowest BCUT2D eigenvalue weighted by molar-refractivity contribution is -0.387. The molecule has 108 valence electrons. The molecule has 6 nitrogen and oxygen atoms in total. The molecule has 0 heterocycles. The van der Waals surface area contributed by atoms with Crippen molar-refractivity contribution in [2.75, 3.05) is 11.1 Å². The highest BCUT2D eigenvalue weighted by Crippen LogP contribution is 2.24. The highest BCUT2D eigenvalue weighted by molar-refractivity contribution is 6.06. The van der Waals surface area contributed by atoms with Gasteiger partial charge >= 0.3 is 5.69 Å². The predicted molar refractivity (Wildman–Crippen MR) is 71.8 cm³/mol. The molecule has 0 unspecified atom stereocenters. The summed E-state index contributed by atoms with van der Waals surface area (Å²) in [5.41, 5.74) is 4.13. The summed E-state index contributed by atoms with van der Waals surface area (Å²) in [5, 5.41) is 12.9. The van der Waals surface area contributed by atoms with E-state index < -0.39 is 33.7 Å². The number of nitrogens with zero attached hydrogens (tertiary/aromatic N) is 1. The largest absolute Gasteiger partial charge is 0.397 e. The highest BCUT2D eigenvalue weighted by Gasteiger charge is 2.24. The van der Waals surface area contributed by atoms with Crippen LogP contribution in [0.25, 0.3) is 0 Å². The van der Waals surface area contributed by atoms with Crippen LogP contribution >= 0.6 is 0 Å². The summed E-state index contributed by atoms with van der Waals surface area (Å²) in [6, 6.07) is 7.15. The molecule has 1 amide bonds. The number of nitrogens with two attached hydrogens (primary N) is 1. The van der Waals surface area contributed by atoms with Gasteiger partial charge in [0, 0.05) is 0 Å². The molecule has 0 spiro atoms. The van der Waals surface area contributed by atoms with E-state index in [0.29, 0.717) is 12.1 Å². The maximum Gasteiger partial charge on any atom is 0.308 e. The van der Waals surface area contributed by atoms with Crippen LogP contribution in [0.2, 0.25) is 0 Å². The Hall–Kier alpha value is -3.03. The Morgan fingerprint density at radius 1 is 1.24 bits per heavy atom. The molecule has 2 rings (SSSR count). The molecule has 2 aromatic rings. The number of nitrogen functional groups attached to an aromatic ring is 1. The van der Waals surface area contributed by atoms with Crippen LogP contribution in [0.1, 0.15) is 10.4 Å². The topological polar surface area (TPSA) is 98.3 Å². The molecular weight excluding hydrogens is 284 g/mol. The molecule has 0 aliphatic heterocycles. The standard InChI is InChI=1S/C13H9F2N3O3/c14-7-5-8(12(15)11(6-7)18(20)21)13(19)17-10-4-2-1-3-9(10)16/h1-6H,16H2,(H,17,19). The molecule has 0 saturated heterocycles. The van der Waals surface area contributed by atoms with Crippen LogP contribution in [-0.2, 0) is 0 Å². The molecule has 0 radical (unpaired) electrons. The van der Waals surface area contributed by atoms with Gasteiger partial charge in [-0.3, -0.25) is 14.9 Å². The smallest absolute Gasteiger partial charge is 0.308 e. The van der Waals surface area contributed by atoms with Crippen molar-refractivity contribution in [1.82, 2.24) is 0 Å². The van der Waals surface area contributed by atoms with Crippen molar-refractivity contribution in [2.45, 2.75) is 0 Å². The fraction of sp³-hybridized carbons (Fsp3) is 0. The zero-order valence-corrected chi connectivity index (χ0v) is 10.5. The maximum absolute atomic E-state index is 13.9. The summed E-state index contributed by atoms with van der Waals surface area (Å²) in [5.74, 6) is -3.53. The van der Waals surface area contributed by atoms with Gasteiger partial charge in [0.1, 0.15) is 5.82 Å². The first-order valence-corrected chi connectivity index (χ1v) is 5.69. The monoisotopic (exact) mass is 293 g/mol. The number of anilines is 2. The summed E-state index contributed by atoms with van der Waals surface area (Å²) >= 11 is 0. The Kier molecular flexibility index (Phi) is 3.79. The fourth-order valence-corrected chi connectivity index (χ4v) is 1.67. The van der Waals surface area contributed by atoms with Crippen molar-refractivity contribution in [2.24, 2.45) is 0 Å². The molecule has 8 heteroatoms. The third kappa shape index (κ3) is 2.94. The molecular formula is C13H9F2N3O3. The number of nitrogens with one attached hydrogen (secondary N) is 1.